The minimum atomic E-state index is -4.01. The summed E-state index contributed by atoms with van der Waals surface area (Å²) in [7, 11) is -4.01. The van der Waals surface area contributed by atoms with Gasteiger partial charge < -0.3 is 15.1 Å². The predicted molar refractivity (Wildman–Crippen MR) is 114 cm³/mol. The van der Waals surface area contributed by atoms with Gasteiger partial charge in [0.15, 0.2) is 0 Å². The summed E-state index contributed by atoms with van der Waals surface area (Å²) in [6.07, 6.45) is 0. The minimum absolute atomic E-state index is 0.0401. The quantitative estimate of drug-likeness (QED) is 0.573. The zero-order chi connectivity index (χ0) is 22.5. The number of aromatic hydroxyl groups is 1. The van der Waals surface area contributed by atoms with Gasteiger partial charge in [-0.3, -0.25) is 4.79 Å². The van der Waals surface area contributed by atoms with Gasteiger partial charge in [-0.25, -0.2) is 18.4 Å². The molecule has 9 heteroatoms. The zero-order valence-electron chi connectivity index (χ0n) is 16.4. The fourth-order valence-corrected chi connectivity index (χ4v) is 4.18. The molecule has 4 N–H and O–H groups in total. The Morgan fingerprint density at radius 1 is 1.03 bits per heavy atom. The Kier molecular flexibility index (Phi) is 4.79. The van der Waals surface area contributed by atoms with Crippen LogP contribution < -0.4 is 10.0 Å². The lowest BCUT2D eigenvalue weighted by molar-refractivity contribution is 0.0696. The van der Waals surface area contributed by atoms with Crippen molar-refractivity contribution in [3.63, 3.8) is 0 Å². The van der Waals surface area contributed by atoms with E-state index in [2.05, 4.69) is 0 Å². The van der Waals surface area contributed by atoms with Gasteiger partial charge >= 0.3 is 5.97 Å². The number of carboxylic acid groups (broad SMARTS) is 1. The molecule has 31 heavy (non-hydrogen) atoms. The first-order valence-electron chi connectivity index (χ1n) is 9.21. The summed E-state index contributed by atoms with van der Waals surface area (Å²) in [4.78, 5) is 25.3. The lowest BCUT2D eigenvalue weighted by Gasteiger charge is -2.18. The van der Waals surface area contributed by atoms with Crippen LogP contribution in [-0.4, -0.2) is 30.5 Å². The summed E-state index contributed by atoms with van der Waals surface area (Å²) in [5, 5.41) is 24.7. The van der Waals surface area contributed by atoms with Gasteiger partial charge in [0.05, 0.1) is 22.7 Å². The number of benzene rings is 3. The Morgan fingerprint density at radius 2 is 1.77 bits per heavy atom. The third-order valence-electron chi connectivity index (χ3n) is 5.27. The Labute approximate surface area is 178 Å². The molecule has 3 aromatic rings. The number of carboxylic acids is 1. The van der Waals surface area contributed by atoms with Gasteiger partial charge in [-0.1, -0.05) is 12.1 Å². The van der Waals surface area contributed by atoms with E-state index in [1.807, 2.05) is 6.92 Å². The first-order valence-corrected chi connectivity index (χ1v) is 10.8. The highest BCUT2D eigenvalue weighted by atomic mass is 32.2. The van der Waals surface area contributed by atoms with Crippen molar-refractivity contribution in [3.8, 4) is 16.9 Å². The van der Waals surface area contributed by atoms with E-state index >= 15 is 0 Å². The number of hydrogen-bond acceptors (Lipinski definition) is 5. The summed E-state index contributed by atoms with van der Waals surface area (Å²) in [5.41, 5.74) is 3.63. The number of carbonyl (C=O) groups is 2. The van der Waals surface area contributed by atoms with Crippen LogP contribution in [0.1, 0.15) is 31.8 Å². The van der Waals surface area contributed by atoms with Gasteiger partial charge in [0.25, 0.3) is 5.91 Å². The van der Waals surface area contributed by atoms with Gasteiger partial charge in [0.1, 0.15) is 5.75 Å². The number of anilines is 1. The molecule has 0 unspecified atom stereocenters. The number of carbonyl (C=O) groups excluding carboxylic acids is 1. The number of amides is 1. The molecule has 158 valence electrons. The van der Waals surface area contributed by atoms with Crippen LogP contribution in [0.15, 0.2) is 59.5 Å². The van der Waals surface area contributed by atoms with Gasteiger partial charge in [-0.2, -0.15) is 0 Å². The molecule has 0 aromatic heterocycles. The Hall–Kier alpha value is -3.69. The number of aromatic carboxylic acids is 1. The van der Waals surface area contributed by atoms with Gasteiger partial charge in [-0.05, 0) is 71.6 Å². The number of aryl methyl sites for hydroxylation is 1. The molecule has 0 saturated carbocycles. The van der Waals surface area contributed by atoms with Gasteiger partial charge in [0.2, 0.25) is 10.0 Å². The smallest absolute Gasteiger partial charge is 0.335 e. The molecule has 0 radical (unpaired) electrons. The molecular weight excluding hydrogens is 420 g/mol. The fourth-order valence-electron chi connectivity index (χ4n) is 3.65. The SMILES string of the molecule is Cc1ccc(C(=O)O)cc1-c1ccc2c(c1)CN(c1cc(S(N)(=O)=O)ccc1O)C2=O. The third-order valence-corrected chi connectivity index (χ3v) is 6.18. The Morgan fingerprint density at radius 3 is 2.45 bits per heavy atom. The summed E-state index contributed by atoms with van der Waals surface area (Å²) in [6, 6.07) is 13.5. The van der Waals surface area contributed by atoms with Crippen molar-refractivity contribution < 1.29 is 28.2 Å². The highest BCUT2D eigenvalue weighted by Crippen LogP contribution is 2.37. The van der Waals surface area contributed by atoms with E-state index in [9.17, 15) is 28.2 Å². The van der Waals surface area contributed by atoms with Crippen LogP contribution in [0.3, 0.4) is 0 Å². The molecule has 1 heterocycles. The van der Waals surface area contributed by atoms with Crippen LogP contribution in [0.25, 0.3) is 11.1 Å². The number of phenols is 1. The van der Waals surface area contributed by atoms with Crippen LogP contribution in [0.4, 0.5) is 5.69 Å². The Bertz CT molecular complexity index is 1360. The van der Waals surface area contributed by atoms with Crippen LogP contribution in [0, 0.1) is 6.92 Å². The van der Waals surface area contributed by atoms with Gasteiger partial charge in [0, 0.05) is 5.56 Å². The van der Waals surface area contributed by atoms with E-state index in [-0.39, 0.29) is 34.3 Å². The molecule has 4 rings (SSSR count). The number of primary sulfonamides is 1. The maximum atomic E-state index is 12.9. The largest absolute Gasteiger partial charge is 0.506 e. The molecule has 0 saturated heterocycles. The third kappa shape index (κ3) is 3.65. The molecule has 1 aliphatic rings. The maximum absolute atomic E-state index is 12.9. The van der Waals surface area contributed by atoms with E-state index in [1.165, 1.54) is 17.0 Å². The molecule has 0 aliphatic carbocycles. The van der Waals surface area contributed by atoms with E-state index in [4.69, 9.17) is 5.14 Å². The number of rotatable bonds is 4. The van der Waals surface area contributed by atoms with Crippen molar-refractivity contribution in [1.82, 2.24) is 0 Å². The Balaban J connectivity index is 1.75. The topological polar surface area (TPSA) is 138 Å². The number of fused-ring (bicyclic) bond motifs is 1. The van der Waals surface area contributed by atoms with E-state index in [0.717, 1.165) is 28.8 Å². The van der Waals surface area contributed by atoms with Crippen molar-refractivity contribution in [2.24, 2.45) is 5.14 Å². The van der Waals surface area contributed by atoms with Crippen LogP contribution >= 0.6 is 0 Å². The maximum Gasteiger partial charge on any atom is 0.335 e. The number of hydrogen-bond donors (Lipinski definition) is 3. The van der Waals surface area contributed by atoms with Gasteiger partial charge in [-0.15, -0.1) is 0 Å². The van der Waals surface area contributed by atoms with Crippen LogP contribution in [-0.2, 0) is 16.6 Å². The molecule has 0 atom stereocenters. The molecule has 3 aromatic carbocycles. The molecular formula is C22H18N2O6S. The van der Waals surface area contributed by atoms with Crippen LogP contribution in [0.2, 0.25) is 0 Å². The number of nitrogens with zero attached hydrogens (tertiary/aromatic N) is 1. The van der Waals surface area contributed by atoms with Crippen molar-refractivity contribution in [2.45, 2.75) is 18.4 Å². The highest BCUT2D eigenvalue weighted by molar-refractivity contribution is 7.89. The summed E-state index contributed by atoms with van der Waals surface area (Å²) in [6.45, 7) is 1.98. The van der Waals surface area contributed by atoms with Crippen molar-refractivity contribution >= 4 is 27.6 Å². The van der Waals surface area contributed by atoms with E-state index < -0.39 is 16.0 Å². The number of sulfonamides is 1. The molecule has 0 bridgehead atoms. The first-order chi connectivity index (χ1) is 14.6. The first kappa shape index (κ1) is 20.6. The average molecular weight is 438 g/mol. The second-order valence-corrected chi connectivity index (χ2v) is 8.86. The van der Waals surface area contributed by atoms with Crippen molar-refractivity contribution in [3.05, 3.63) is 76.9 Å². The minimum Gasteiger partial charge on any atom is -0.506 e. The molecule has 0 fully saturated rings. The summed E-state index contributed by atoms with van der Waals surface area (Å²) < 4.78 is 23.3. The fraction of sp³-hybridized carbons (Fsp3) is 0.0909. The average Bonchev–Trinajstić information content (AvgIpc) is 3.03. The van der Waals surface area contributed by atoms with Crippen molar-refractivity contribution in [2.75, 3.05) is 4.90 Å². The monoisotopic (exact) mass is 438 g/mol. The molecule has 0 spiro atoms. The lowest BCUT2D eigenvalue weighted by Crippen LogP contribution is -2.23. The lowest BCUT2D eigenvalue weighted by atomic mass is 9.95. The molecule has 1 amide bonds. The number of nitrogens with two attached hydrogens (primary N) is 1. The second-order valence-electron chi connectivity index (χ2n) is 7.29. The van der Waals surface area contributed by atoms with E-state index in [1.54, 1.807) is 30.3 Å². The second kappa shape index (κ2) is 7.22. The zero-order valence-corrected chi connectivity index (χ0v) is 17.2. The normalized spacial score (nSPS) is 13.4. The summed E-state index contributed by atoms with van der Waals surface area (Å²) >= 11 is 0. The summed E-state index contributed by atoms with van der Waals surface area (Å²) in [5.74, 6) is -1.67. The highest BCUT2D eigenvalue weighted by Gasteiger charge is 2.31. The van der Waals surface area contributed by atoms with Crippen LogP contribution in [0.5, 0.6) is 5.75 Å². The molecule has 1 aliphatic heterocycles. The molecule has 8 nitrogen and oxygen atoms in total. The number of phenolic OH excluding ortho intramolecular Hbond substituents is 1. The predicted octanol–water partition coefficient (Wildman–Crippen LogP) is 2.87. The van der Waals surface area contributed by atoms with E-state index in [0.29, 0.717) is 11.1 Å². The van der Waals surface area contributed by atoms with Crippen molar-refractivity contribution in [1.29, 1.82) is 0 Å². The standard InChI is InChI=1S/C22H18N2O6S/c1-12-2-3-14(22(27)28)9-18(12)13-4-6-17-15(8-13)11-24(21(17)26)19-10-16(31(23,29)30)5-7-20(19)25/h2-10,25H,11H2,1H3,(H,27,28)(H2,23,29,30).